The van der Waals surface area contributed by atoms with E-state index >= 15 is 0 Å². The number of anilines is 1. The van der Waals surface area contributed by atoms with Crippen molar-refractivity contribution >= 4 is 11.7 Å². The number of aromatic nitrogens is 1. The highest BCUT2D eigenvalue weighted by molar-refractivity contribution is 5.78. The molecular weight excluding hydrogens is 295 g/mol. The van der Waals surface area contributed by atoms with Crippen LogP contribution < -0.4 is 10.2 Å². The van der Waals surface area contributed by atoms with Crippen LogP contribution in [0.15, 0.2) is 18.2 Å². The first-order chi connectivity index (χ1) is 10.3. The van der Waals surface area contributed by atoms with Gasteiger partial charge in [-0.05, 0) is 25.0 Å². The van der Waals surface area contributed by atoms with Crippen LogP contribution in [0.3, 0.4) is 0 Å². The maximum Gasteiger partial charge on any atom is 0.433 e. The Balaban J connectivity index is 2.08. The van der Waals surface area contributed by atoms with Crippen molar-refractivity contribution in [3.63, 3.8) is 0 Å². The van der Waals surface area contributed by atoms with E-state index in [2.05, 4.69) is 10.3 Å². The Labute approximate surface area is 127 Å². The molecule has 1 atom stereocenters. The van der Waals surface area contributed by atoms with Crippen molar-refractivity contribution < 1.29 is 18.0 Å². The Kier molecular flexibility index (Phi) is 4.93. The third-order valence-electron chi connectivity index (χ3n) is 3.64. The number of alkyl halides is 3. The standard InChI is InChI=1S/C15H20F3N3O/c1-10(2)14(22)19-11-5-4-8-21(9-11)13-7-3-6-12(20-13)15(16,17)18/h3,6-7,10-11H,4-5,8-9H2,1-2H3,(H,19,22). The molecule has 0 spiro atoms. The number of halogens is 3. The Morgan fingerprint density at radius 1 is 1.41 bits per heavy atom. The van der Waals surface area contributed by atoms with Gasteiger partial charge in [0.25, 0.3) is 0 Å². The molecule has 122 valence electrons. The molecule has 1 saturated heterocycles. The maximum absolute atomic E-state index is 12.7. The van der Waals surface area contributed by atoms with Crippen LogP contribution >= 0.6 is 0 Å². The molecular formula is C15H20F3N3O. The first-order valence-corrected chi connectivity index (χ1v) is 7.37. The van der Waals surface area contributed by atoms with E-state index in [9.17, 15) is 18.0 Å². The van der Waals surface area contributed by atoms with Gasteiger partial charge in [0.2, 0.25) is 5.91 Å². The summed E-state index contributed by atoms with van der Waals surface area (Å²) in [5, 5.41) is 2.93. The van der Waals surface area contributed by atoms with E-state index in [0.717, 1.165) is 18.9 Å². The number of nitrogens with zero attached hydrogens (tertiary/aromatic N) is 2. The maximum atomic E-state index is 12.7. The molecule has 7 heteroatoms. The van der Waals surface area contributed by atoms with Gasteiger partial charge in [0, 0.05) is 25.0 Å². The number of pyridine rings is 1. The molecule has 0 saturated carbocycles. The van der Waals surface area contributed by atoms with Gasteiger partial charge in [0.1, 0.15) is 11.5 Å². The largest absolute Gasteiger partial charge is 0.433 e. The van der Waals surface area contributed by atoms with Crippen molar-refractivity contribution in [3.05, 3.63) is 23.9 Å². The highest BCUT2D eigenvalue weighted by Gasteiger charge is 2.33. The summed E-state index contributed by atoms with van der Waals surface area (Å²) in [5.41, 5.74) is -0.890. The summed E-state index contributed by atoms with van der Waals surface area (Å²) >= 11 is 0. The van der Waals surface area contributed by atoms with E-state index in [1.54, 1.807) is 11.0 Å². The zero-order valence-corrected chi connectivity index (χ0v) is 12.7. The summed E-state index contributed by atoms with van der Waals surface area (Å²) in [4.78, 5) is 17.2. The Bertz CT molecular complexity index is 531. The molecule has 1 aromatic rings. The van der Waals surface area contributed by atoms with E-state index in [-0.39, 0.29) is 17.9 Å². The van der Waals surface area contributed by atoms with E-state index in [1.807, 2.05) is 13.8 Å². The number of hydrogen-bond donors (Lipinski definition) is 1. The van der Waals surface area contributed by atoms with Crippen LogP contribution in [0.5, 0.6) is 0 Å². The second-order valence-corrected chi connectivity index (χ2v) is 5.83. The molecule has 1 aliphatic rings. The van der Waals surface area contributed by atoms with Crippen molar-refractivity contribution in [2.45, 2.75) is 38.9 Å². The van der Waals surface area contributed by atoms with Crippen molar-refractivity contribution in [1.82, 2.24) is 10.3 Å². The quantitative estimate of drug-likeness (QED) is 0.933. The lowest BCUT2D eigenvalue weighted by molar-refractivity contribution is -0.141. The molecule has 1 aromatic heterocycles. The van der Waals surface area contributed by atoms with E-state index < -0.39 is 11.9 Å². The normalized spacial score (nSPS) is 19.4. The van der Waals surface area contributed by atoms with Crippen LogP contribution in [0.25, 0.3) is 0 Å². The number of piperidine rings is 1. The van der Waals surface area contributed by atoms with Crippen molar-refractivity contribution in [1.29, 1.82) is 0 Å². The molecule has 2 rings (SSSR count). The molecule has 0 bridgehead atoms. The van der Waals surface area contributed by atoms with Gasteiger partial charge < -0.3 is 10.2 Å². The number of hydrogen-bond acceptors (Lipinski definition) is 3. The summed E-state index contributed by atoms with van der Waals surface area (Å²) < 4.78 is 38.2. The second-order valence-electron chi connectivity index (χ2n) is 5.83. The topological polar surface area (TPSA) is 45.2 Å². The Morgan fingerprint density at radius 3 is 2.77 bits per heavy atom. The first kappa shape index (κ1) is 16.6. The second kappa shape index (κ2) is 6.54. The average Bonchev–Trinajstić information content (AvgIpc) is 2.46. The van der Waals surface area contributed by atoms with Crippen LogP contribution in [0.2, 0.25) is 0 Å². The molecule has 2 heterocycles. The van der Waals surface area contributed by atoms with E-state index in [1.165, 1.54) is 6.07 Å². The number of amides is 1. The molecule has 0 aliphatic carbocycles. The van der Waals surface area contributed by atoms with Gasteiger partial charge in [0.05, 0.1) is 0 Å². The summed E-state index contributed by atoms with van der Waals surface area (Å²) in [6, 6.07) is 3.84. The number of carbonyl (C=O) groups is 1. The minimum Gasteiger partial charge on any atom is -0.355 e. The fraction of sp³-hybridized carbons (Fsp3) is 0.600. The fourth-order valence-corrected chi connectivity index (χ4v) is 2.43. The molecule has 1 aliphatic heterocycles. The molecule has 4 nitrogen and oxygen atoms in total. The summed E-state index contributed by atoms with van der Waals surface area (Å²) in [5.74, 6) is 0.157. The lowest BCUT2D eigenvalue weighted by Crippen LogP contribution is -2.49. The monoisotopic (exact) mass is 315 g/mol. The zero-order valence-electron chi connectivity index (χ0n) is 12.7. The van der Waals surface area contributed by atoms with Crippen LogP contribution in [0.1, 0.15) is 32.4 Å². The third kappa shape index (κ3) is 4.11. The van der Waals surface area contributed by atoms with Crippen LogP contribution in [0.4, 0.5) is 19.0 Å². The molecule has 1 unspecified atom stereocenters. The fourth-order valence-electron chi connectivity index (χ4n) is 2.43. The van der Waals surface area contributed by atoms with Crippen molar-refractivity contribution in [2.75, 3.05) is 18.0 Å². The SMILES string of the molecule is CC(C)C(=O)NC1CCCN(c2cccc(C(F)(F)F)n2)C1. The van der Waals surface area contributed by atoms with Gasteiger partial charge in [-0.1, -0.05) is 19.9 Å². The molecule has 1 N–H and O–H groups in total. The first-order valence-electron chi connectivity index (χ1n) is 7.37. The van der Waals surface area contributed by atoms with Crippen LogP contribution in [0, 0.1) is 5.92 Å². The van der Waals surface area contributed by atoms with Crippen molar-refractivity contribution in [2.24, 2.45) is 5.92 Å². The lowest BCUT2D eigenvalue weighted by Gasteiger charge is -2.34. The number of carbonyl (C=O) groups excluding carboxylic acids is 1. The molecule has 0 radical (unpaired) electrons. The van der Waals surface area contributed by atoms with Gasteiger partial charge in [0.15, 0.2) is 0 Å². The van der Waals surface area contributed by atoms with Crippen LogP contribution in [-0.4, -0.2) is 30.0 Å². The highest BCUT2D eigenvalue weighted by atomic mass is 19.4. The molecule has 22 heavy (non-hydrogen) atoms. The minimum atomic E-state index is -4.45. The predicted octanol–water partition coefficient (Wildman–Crippen LogP) is 2.84. The van der Waals surface area contributed by atoms with Gasteiger partial charge in [-0.2, -0.15) is 13.2 Å². The molecule has 1 amide bonds. The lowest BCUT2D eigenvalue weighted by atomic mass is 10.0. The van der Waals surface area contributed by atoms with Crippen molar-refractivity contribution in [3.8, 4) is 0 Å². The average molecular weight is 315 g/mol. The predicted molar refractivity (Wildman–Crippen MR) is 77.5 cm³/mol. The highest BCUT2D eigenvalue weighted by Crippen LogP contribution is 2.29. The molecule has 1 fully saturated rings. The Morgan fingerprint density at radius 2 is 2.14 bits per heavy atom. The number of rotatable bonds is 3. The zero-order chi connectivity index (χ0) is 16.3. The smallest absolute Gasteiger partial charge is 0.355 e. The minimum absolute atomic E-state index is 0.0381. The Hall–Kier alpha value is -1.79. The van der Waals surface area contributed by atoms with Gasteiger partial charge in [-0.25, -0.2) is 4.98 Å². The van der Waals surface area contributed by atoms with Gasteiger partial charge >= 0.3 is 6.18 Å². The third-order valence-corrected chi connectivity index (χ3v) is 3.64. The summed E-state index contributed by atoms with van der Waals surface area (Å²) in [7, 11) is 0. The number of nitrogens with one attached hydrogen (secondary N) is 1. The van der Waals surface area contributed by atoms with Crippen LogP contribution in [-0.2, 0) is 11.0 Å². The summed E-state index contributed by atoms with van der Waals surface area (Å²) in [6.07, 6.45) is -2.81. The van der Waals surface area contributed by atoms with Gasteiger partial charge in [-0.3, -0.25) is 4.79 Å². The molecule has 0 aromatic carbocycles. The van der Waals surface area contributed by atoms with E-state index in [0.29, 0.717) is 18.9 Å². The van der Waals surface area contributed by atoms with Gasteiger partial charge in [-0.15, -0.1) is 0 Å². The summed E-state index contributed by atoms with van der Waals surface area (Å²) in [6.45, 7) is 4.74. The van der Waals surface area contributed by atoms with E-state index in [4.69, 9.17) is 0 Å².